The number of hydrogen-bond donors (Lipinski definition) is 0. The minimum atomic E-state index is 0.170. The van der Waals surface area contributed by atoms with Crippen LogP contribution in [0.2, 0.25) is 0 Å². The van der Waals surface area contributed by atoms with Crippen molar-refractivity contribution in [3.63, 3.8) is 0 Å². The average molecular weight is 312 g/mol. The molecule has 6 atom stereocenters. The van der Waals surface area contributed by atoms with E-state index in [9.17, 15) is 9.59 Å². The Morgan fingerprint density at radius 3 is 2.65 bits per heavy atom. The van der Waals surface area contributed by atoms with Crippen molar-refractivity contribution in [3.8, 4) is 0 Å². The van der Waals surface area contributed by atoms with Gasteiger partial charge < -0.3 is 0 Å². The van der Waals surface area contributed by atoms with Gasteiger partial charge in [0.2, 0.25) is 0 Å². The van der Waals surface area contributed by atoms with Crippen LogP contribution in [0.1, 0.15) is 59.3 Å². The third-order valence-electron chi connectivity index (χ3n) is 8.01. The van der Waals surface area contributed by atoms with Gasteiger partial charge in [0, 0.05) is 12.3 Å². The molecule has 0 heterocycles. The van der Waals surface area contributed by atoms with Gasteiger partial charge in [-0.15, -0.1) is 0 Å². The molecule has 2 heteroatoms. The quantitative estimate of drug-likeness (QED) is 0.714. The Hall–Kier alpha value is -1.18. The van der Waals surface area contributed by atoms with Crippen molar-refractivity contribution in [1.82, 2.24) is 0 Å². The molecular formula is C21H28O2. The fraction of sp³-hybridized carbons (Fsp3) is 0.714. The molecule has 0 radical (unpaired) electrons. The molecule has 0 saturated heterocycles. The maximum atomic E-state index is 12.1. The first-order valence-corrected chi connectivity index (χ1v) is 9.30. The molecule has 4 aliphatic carbocycles. The second kappa shape index (κ2) is 4.91. The van der Waals surface area contributed by atoms with E-state index in [0.29, 0.717) is 35.7 Å². The molecule has 0 aliphatic heterocycles. The highest BCUT2D eigenvalue weighted by Gasteiger charge is 2.58. The predicted molar refractivity (Wildman–Crippen MR) is 90.8 cm³/mol. The number of ketones is 2. The molecule has 0 bridgehead atoms. The molecule has 0 N–H and O–H groups in total. The number of fused-ring (bicyclic) bond motifs is 5. The van der Waals surface area contributed by atoms with Crippen molar-refractivity contribution >= 4 is 11.6 Å². The van der Waals surface area contributed by atoms with Gasteiger partial charge in [-0.25, -0.2) is 0 Å². The standard InChI is InChI=1S/C21H28O2/c1-13(22)17-6-7-18-16-5-4-14-12-15(23)8-10-20(14,2)19(16)9-11-21(17,18)3/h4-5,12,16-19H,6-11H2,1-3H3/t16-,17+,18+,19+,20+,21+/m0/s1. The van der Waals surface area contributed by atoms with Gasteiger partial charge in [-0.2, -0.15) is 0 Å². The Kier molecular flexibility index (Phi) is 3.28. The van der Waals surface area contributed by atoms with Crippen molar-refractivity contribution in [2.45, 2.75) is 59.3 Å². The van der Waals surface area contributed by atoms with E-state index >= 15 is 0 Å². The van der Waals surface area contributed by atoms with E-state index in [-0.39, 0.29) is 16.7 Å². The van der Waals surface area contributed by atoms with Crippen LogP contribution in [0, 0.1) is 34.5 Å². The molecule has 0 amide bonds. The Balaban J connectivity index is 1.72. The summed E-state index contributed by atoms with van der Waals surface area (Å²) in [4.78, 5) is 24.0. The summed E-state index contributed by atoms with van der Waals surface area (Å²) in [5.41, 5.74) is 1.63. The summed E-state index contributed by atoms with van der Waals surface area (Å²) < 4.78 is 0. The third-order valence-corrected chi connectivity index (χ3v) is 8.01. The fourth-order valence-corrected chi connectivity index (χ4v) is 6.66. The molecule has 0 unspecified atom stereocenters. The van der Waals surface area contributed by atoms with Crippen LogP contribution in [-0.2, 0) is 9.59 Å². The topological polar surface area (TPSA) is 34.1 Å². The van der Waals surface area contributed by atoms with Crippen LogP contribution in [0.15, 0.2) is 23.8 Å². The lowest BCUT2D eigenvalue weighted by molar-refractivity contribution is -0.127. The van der Waals surface area contributed by atoms with Gasteiger partial charge >= 0.3 is 0 Å². The SMILES string of the molecule is CC(=O)[C@H]1CC[C@@H]2[C@@H]3C=CC4=CC(=O)CC[C@@]4(C)[C@@H]3CC[C@]12C. The van der Waals surface area contributed by atoms with Crippen molar-refractivity contribution in [3.05, 3.63) is 23.8 Å². The van der Waals surface area contributed by atoms with Crippen LogP contribution < -0.4 is 0 Å². The maximum absolute atomic E-state index is 12.1. The first kappa shape index (κ1) is 15.4. The van der Waals surface area contributed by atoms with Gasteiger partial charge in [0.1, 0.15) is 5.78 Å². The largest absolute Gasteiger partial charge is 0.300 e. The van der Waals surface area contributed by atoms with Gasteiger partial charge in [-0.1, -0.05) is 26.0 Å². The van der Waals surface area contributed by atoms with Crippen LogP contribution in [0.3, 0.4) is 0 Å². The molecule has 0 aromatic heterocycles. The number of carbonyl (C=O) groups excluding carboxylic acids is 2. The summed E-state index contributed by atoms with van der Waals surface area (Å²) in [7, 11) is 0. The van der Waals surface area contributed by atoms with Gasteiger partial charge in [-0.3, -0.25) is 9.59 Å². The number of hydrogen-bond acceptors (Lipinski definition) is 2. The zero-order valence-corrected chi connectivity index (χ0v) is 14.6. The van der Waals surface area contributed by atoms with Gasteiger partial charge in [0.15, 0.2) is 5.78 Å². The van der Waals surface area contributed by atoms with E-state index in [4.69, 9.17) is 0 Å². The zero-order chi connectivity index (χ0) is 16.4. The highest BCUT2D eigenvalue weighted by atomic mass is 16.1. The first-order valence-electron chi connectivity index (χ1n) is 9.30. The minimum Gasteiger partial charge on any atom is -0.300 e. The van der Waals surface area contributed by atoms with Crippen molar-refractivity contribution in [2.75, 3.05) is 0 Å². The molecule has 4 rings (SSSR count). The van der Waals surface area contributed by atoms with E-state index in [1.165, 1.54) is 24.8 Å². The Bertz CT molecular complexity index is 628. The summed E-state index contributed by atoms with van der Waals surface area (Å²) in [5.74, 6) is 2.83. The van der Waals surface area contributed by atoms with Gasteiger partial charge in [0.25, 0.3) is 0 Å². The minimum absolute atomic E-state index is 0.170. The molecule has 0 spiro atoms. The van der Waals surface area contributed by atoms with Crippen LogP contribution in [-0.4, -0.2) is 11.6 Å². The Morgan fingerprint density at radius 1 is 1.13 bits per heavy atom. The monoisotopic (exact) mass is 312 g/mol. The molecule has 2 nitrogen and oxygen atoms in total. The summed E-state index contributed by atoms with van der Waals surface area (Å²) in [6, 6.07) is 0. The summed E-state index contributed by atoms with van der Waals surface area (Å²) in [6.45, 7) is 6.54. The van der Waals surface area contributed by atoms with E-state index < -0.39 is 0 Å². The normalized spacial score (nSPS) is 48.3. The van der Waals surface area contributed by atoms with Crippen LogP contribution in [0.5, 0.6) is 0 Å². The second-order valence-electron chi connectivity index (χ2n) is 8.92. The zero-order valence-electron chi connectivity index (χ0n) is 14.6. The van der Waals surface area contributed by atoms with Crippen LogP contribution in [0.25, 0.3) is 0 Å². The molecule has 23 heavy (non-hydrogen) atoms. The average Bonchev–Trinajstić information content (AvgIpc) is 2.85. The maximum Gasteiger partial charge on any atom is 0.156 e. The predicted octanol–water partition coefficient (Wildman–Crippen LogP) is 4.50. The van der Waals surface area contributed by atoms with Crippen LogP contribution in [0.4, 0.5) is 0 Å². The number of rotatable bonds is 1. The van der Waals surface area contributed by atoms with E-state index in [2.05, 4.69) is 26.0 Å². The number of carbonyl (C=O) groups is 2. The van der Waals surface area contributed by atoms with Gasteiger partial charge in [0.05, 0.1) is 0 Å². The summed E-state index contributed by atoms with van der Waals surface area (Å²) in [5, 5.41) is 0. The molecule has 0 aromatic rings. The number of Topliss-reactive ketones (excluding diaryl/α,β-unsaturated/α-hetero) is 1. The highest BCUT2D eigenvalue weighted by Crippen LogP contribution is 2.65. The van der Waals surface area contributed by atoms with E-state index in [1.807, 2.05) is 6.08 Å². The lowest BCUT2D eigenvalue weighted by atomic mass is 9.48. The smallest absolute Gasteiger partial charge is 0.156 e. The van der Waals surface area contributed by atoms with Gasteiger partial charge in [-0.05, 0) is 79.3 Å². The summed E-state index contributed by atoms with van der Waals surface area (Å²) in [6.07, 6.45) is 12.9. The molecule has 124 valence electrons. The molecular weight excluding hydrogens is 284 g/mol. The van der Waals surface area contributed by atoms with Crippen LogP contribution >= 0.6 is 0 Å². The Morgan fingerprint density at radius 2 is 1.91 bits per heavy atom. The van der Waals surface area contributed by atoms with Crippen molar-refractivity contribution in [1.29, 1.82) is 0 Å². The van der Waals surface area contributed by atoms with E-state index in [0.717, 1.165) is 12.8 Å². The lowest BCUT2D eigenvalue weighted by Crippen LogP contribution is -2.49. The molecule has 4 aliphatic rings. The second-order valence-corrected chi connectivity index (χ2v) is 8.92. The molecule has 2 fully saturated rings. The lowest BCUT2D eigenvalue weighted by Gasteiger charge is -2.55. The van der Waals surface area contributed by atoms with Crippen molar-refractivity contribution in [2.24, 2.45) is 34.5 Å². The number of allylic oxidation sites excluding steroid dienone is 4. The molecule has 2 saturated carbocycles. The third kappa shape index (κ3) is 1.99. The summed E-state index contributed by atoms with van der Waals surface area (Å²) >= 11 is 0. The fourth-order valence-electron chi connectivity index (χ4n) is 6.66. The highest BCUT2D eigenvalue weighted by molar-refractivity contribution is 5.92. The van der Waals surface area contributed by atoms with E-state index in [1.54, 1.807) is 6.92 Å². The first-order chi connectivity index (χ1) is 10.9. The van der Waals surface area contributed by atoms with Crippen molar-refractivity contribution < 1.29 is 9.59 Å². The molecule has 0 aromatic carbocycles. The Labute approximate surface area is 139 Å².